The van der Waals surface area contributed by atoms with Crippen molar-refractivity contribution in [1.29, 1.82) is 0 Å². The van der Waals surface area contributed by atoms with E-state index in [9.17, 15) is 9.90 Å². The molecule has 0 aromatic heterocycles. The summed E-state index contributed by atoms with van der Waals surface area (Å²) in [6.45, 7) is 1.82. The van der Waals surface area contributed by atoms with Crippen LogP contribution in [0.3, 0.4) is 0 Å². The summed E-state index contributed by atoms with van der Waals surface area (Å²) in [5.41, 5.74) is 0.314. The topological polar surface area (TPSA) is 85.2 Å². The van der Waals surface area contributed by atoms with Gasteiger partial charge in [-0.25, -0.2) is 4.79 Å². The number of methoxy groups -OCH3 is 2. The van der Waals surface area contributed by atoms with E-state index < -0.39 is 11.9 Å². The van der Waals surface area contributed by atoms with Gasteiger partial charge in [-0.15, -0.1) is 0 Å². The Hall–Kier alpha value is -1.79. The fourth-order valence-electron chi connectivity index (χ4n) is 1.79. The van der Waals surface area contributed by atoms with Crippen LogP contribution in [0.2, 0.25) is 0 Å². The number of carbonyl (C=O) groups is 1. The van der Waals surface area contributed by atoms with E-state index in [1.807, 2.05) is 6.92 Å². The van der Waals surface area contributed by atoms with Crippen LogP contribution in [0.5, 0.6) is 11.5 Å². The standard InChI is InChI=1S/C12H16O6/c1-4-12(16-2,17-3)8-6-5-7-9(10(8)13)18-11(14)15/h5-7,13H,4H2,1-3H3,(H,14,15). The Kier molecular flexibility index (Phi) is 4.52. The van der Waals surface area contributed by atoms with Crippen molar-refractivity contribution in [2.45, 2.75) is 19.1 Å². The molecule has 1 aromatic carbocycles. The molecule has 6 heteroatoms. The lowest BCUT2D eigenvalue weighted by atomic mass is 10.0. The molecule has 0 atom stereocenters. The largest absolute Gasteiger partial charge is 0.511 e. The Morgan fingerprint density at radius 3 is 2.39 bits per heavy atom. The fraction of sp³-hybridized carbons (Fsp3) is 0.417. The molecule has 0 fully saturated rings. The predicted molar refractivity (Wildman–Crippen MR) is 62.7 cm³/mol. The second kappa shape index (κ2) is 5.70. The maximum Gasteiger partial charge on any atom is 0.511 e. The molecule has 0 bridgehead atoms. The summed E-state index contributed by atoms with van der Waals surface area (Å²) in [7, 11) is 2.88. The zero-order chi connectivity index (χ0) is 13.8. The van der Waals surface area contributed by atoms with E-state index in [1.54, 1.807) is 12.1 Å². The number of phenols is 1. The summed E-state index contributed by atoms with van der Waals surface area (Å²) in [6.07, 6.45) is -1.07. The van der Waals surface area contributed by atoms with Crippen LogP contribution in [-0.2, 0) is 15.3 Å². The maximum atomic E-state index is 10.5. The first kappa shape index (κ1) is 14.3. The molecule has 0 spiro atoms. The number of hydrogen-bond acceptors (Lipinski definition) is 5. The molecule has 0 aliphatic rings. The van der Waals surface area contributed by atoms with Crippen molar-refractivity contribution in [2.24, 2.45) is 0 Å². The van der Waals surface area contributed by atoms with Gasteiger partial charge in [-0.05, 0) is 12.1 Å². The number of aromatic hydroxyl groups is 1. The first-order valence-electron chi connectivity index (χ1n) is 5.34. The number of para-hydroxylation sites is 1. The molecular formula is C12H16O6. The molecule has 0 amide bonds. The van der Waals surface area contributed by atoms with Crippen molar-refractivity contribution in [3.05, 3.63) is 23.8 Å². The summed E-state index contributed by atoms with van der Waals surface area (Å²) in [4.78, 5) is 10.5. The van der Waals surface area contributed by atoms with E-state index in [-0.39, 0.29) is 11.5 Å². The SMILES string of the molecule is CCC(OC)(OC)c1cccc(OC(=O)O)c1O. The van der Waals surface area contributed by atoms with E-state index in [1.165, 1.54) is 20.3 Å². The van der Waals surface area contributed by atoms with Crippen LogP contribution >= 0.6 is 0 Å². The van der Waals surface area contributed by atoms with Crippen molar-refractivity contribution >= 4 is 6.16 Å². The van der Waals surface area contributed by atoms with Gasteiger partial charge in [0.05, 0.1) is 5.56 Å². The Morgan fingerprint density at radius 1 is 1.33 bits per heavy atom. The minimum Gasteiger partial charge on any atom is -0.504 e. The molecular weight excluding hydrogens is 240 g/mol. The molecule has 1 rings (SSSR count). The van der Waals surface area contributed by atoms with E-state index in [2.05, 4.69) is 4.74 Å². The smallest absolute Gasteiger partial charge is 0.504 e. The van der Waals surface area contributed by atoms with Crippen molar-refractivity contribution in [2.75, 3.05) is 14.2 Å². The van der Waals surface area contributed by atoms with Crippen LogP contribution in [0, 0.1) is 0 Å². The van der Waals surface area contributed by atoms with Crippen molar-refractivity contribution < 1.29 is 29.2 Å². The molecule has 0 radical (unpaired) electrons. The minimum absolute atomic E-state index is 0.160. The van der Waals surface area contributed by atoms with Gasteiger partial charge in [0.15, 0.2) is 17.3 Å². The average molecular weight is 256 g/mol. The Balaban J connectivity index is 3.28. The van der Waals surface area contributed by atoms with E-state index in [0.717, 1.165) is 0 Å². The normalized spacial score (nSPS) is 11.3. The highest BCUT2D eigenvalue weighted by atomic mass is 16.7. The molecule has 0 saturated carbocycles. The first-order valence-corrected chi connectivity index (χ1v) is 5.34. The number of benzene rings is 1. The van der Waals surface area contributed by atoms with Crippen molar-refractivity contribution in [3.63, 3.8) is 0 Å². The van der Waals surface area contributed by atoms with E-state index >= 15 is 0 Å². The quantitative estimate of drug-likeness (QED) is 0.477. The molecule has 6 nitrogen and oxygen atoms in total. The molecule has 0 aliphatic carbocycles. The average Bonchev–Trinajstić information content (AvgIpc) is 2.35. The second-order valence-electron chi connectivity index (χ2n) is 3.53. The zero-order valence-electron chi connectivity index (χ0n) is 10.5. The Morgan fingerprint density at radius 2 is 1.94 bits per heavy atom. The molecule has 100 valence electrons. The number of phenolic OH excluding ortho intramolecular Hbond substituents is 1. The monoisotopic (exact) mass is 256 g/mol. The molecule has 18 heavy (non-hydrogen) atoms. The summed E-state index contributed by atoms with van der Waals surface area (Å²) in [5, 5.41) is 18.6. The Bertz CT molecular complexity index is 416. The minimum atomic E-state index is -1.50. The summed E-state index contributed by atoms with van der Waals surface area (Å²) < 4.78 is 15.0. The maximum absolute atomic E-state index is 10.5. The van der Waals surface area contributed by atoms with Crippen molar-refractivity contribution in [3.8, 4) is 11.5 Å². The molecule has 1 aromatic rings. The van der Waals surface area contributed by atoms with Gasteiger partial charge in [-0.3, -0.25) is 0 Å². The lowest BCUT2D eigenvalue weighted by molar-refractivity contribution is -0.218. The second-order valence-corrected chi connectivity index (χ2v) is 3.53. The number of hydrogen-bond donors (Lipinski definition) is 2. The third kappa shape index (κ3) is 2.55. The fourth-order valence-corrected chi connectivity index (χ4v) is 1.79. The van der Waals surface area contributed by atoms with Gasteiger partial charge in [0.1, 0.15) is 0 Å². The lowest BCUT2D eigenvalue weighted by Gasteiger charge is -2.30. The van der Waals surface area contributed by atoms with E-state index in [4.69, 9.17) is 14.6 Å². The van der Waals surface area contributed by atoms with Gasteiger partial charge in [0, 0.05) is 20.6 Å². The van der Waals surface area contributed by atoms with Gasteiger partial charge in [-0.2, -0.15) is 0 Å². The molecule has 0 unspecified atom stereocenters. The lowest BCUT2D eigenvalue weighted by Crippen LogP contribution is -2.30. The van der Waals surface area contributed by atoms with Crippen LogP contribution in [0.15, 0.2) is 18.2 Å². The zero-order valence-corrected chi connectivity index (χ0v) is 10.5. The van der Waals surface area contributed by atoms with Crippen molar-refractivity contribution in [1.82, 2.24) is 0 Å². The third-order valence-corrected chi connectivity index (χ3v) is 2.73. The summed E-state index contributed by atoms with van der Waals surface area (Å²) in [6, 6.07) is 4.48. The highest BCUT2D eigenvalue weighted by Gasteiger charge is 2.34. The predicted octanol–water partition coefficient (Wildman–Crippen LogP) is 2.30. The third-order valence-electron chi connectivity index (χ3n) is 2.73. The van der Waals surface area contributed by atoms with Gasteiger partial charge in [-0.1, -0.05) is 13.0 Å². The summed E-state index contributed by atoms with van der Waals surface area (Å²) >= 11 is 0. The number of ether oxygens (including phenoxy) is 3. The molecule has 0 aliphatic heterocycles. The highest BCUT2D eigenvalue weighted by Crippen LogP contribution is 2.40. The Labute approximate surface area is 105 Å². The van der Waals surface area contributed by atoms with E-state index in [0.29, 0.717) is 12.0 Å². The van der Waals surface area contributed by atoms with Gasteiger partial charge < -0.3 is 24.4 Å². The van der Waals surface area contributed by atoms with Crippen LogP contribution in [-0.4, -0.2) is 30.6 Å². The molecule has 2 N–H and O–H groups in total. The van der Waals surface area contributed by atoms with Crippen LogP contribution in [0.25, 0.3) is 0 Å². The number of carboxylic acid groups (broad SMARTS) is 1. The van der Waals surface area contributed by atoms with Crippen LogP contribution < -0.4 is 4.74 Å². The van der Waals surface area contributed by atoms with Crippen LogP contribution in [0.4, 0.5) is 4.79 Å². The van der Waals surface area contributed by atoms with Gasteiger partial charge >= 0.3 is 6.16 Å². The number of rotatable bonds is 5. The first-order chi connectivity index (χ1) is 8.50. The van der Waals surface area contributed by atoms with Crippen LogP contribution in [0.1, 0.15) is 18.9 Å². The summed E-state index contributed by atoms with van der Waals surface area (Å²) in [5.74, 6) is -1.61. The molecule has 0 heterocycles. The van der Waals surface area contributed by atoms with Gasteiger partial charge in [0.25, 0.3) is 0 Å². The molecule has 0 saturated heterocycles. The highest BCUT2D eigenvalue weighted by molar-refractivity contribution is 5.63. The van der Waals surface area contributed by atoms with Gasteiger partial charge in [0.2, 0.25) is 0 Å².